The maximum Gasteiger partial charge on any atom is 0.387 e. The Kier molecular flexibility index (Phi) is 7.76. The molecular weight excluding hydrogens is 334 g/mol. The van der Waals surface area contributed by atoms with Crippen molar-refractivity contribution in [2.24, 2.45) is 0 Å². The first-order valence-electron chi connectivity index (χ1n) is 7.88. The Hall–Kier alpha value is -2.22. The van der Waals surface area contributed by atoms with Gasteiger partial charge in [0.2, 0.25) is 5.91 Å². The fourth-order valence-electron chi connectivity index (χ4n) is 2.58. The first-order chi connectivity index (χ1) is 11.6. The highest BCUT2D eigenvalue weighted by Gasteiger charge is 2.21. The number of carbonyl (C=O) groups excluding carboxylic acids is 1. The number of halogens is 2. The van der Waals surface area contributed by atoms with Crippen LogP contribution in [0.2, 0.25) is 0 Å². The summed E-state index contributed by atoms with van der Waals surface area (Å²) < 4.78 is 29.4. The normalized spacial score (nSPS) is 12.3. The molecule has 140 valence electrons. The summed E-state index contributed by atoms with van der Waals surface area (Å²) in [5, 5.41) is 11.9. The van der Waals surface area contributed by atoms with Gasteiger partial charge in [-0.1, -0.05) is 12.1 Å². The van der Waals surface area contributed by atoms with Gasteiger partial charge in [0.25, 0.3) is 0 Å². The number of ether oxygens (including phenoxy) is 1. The molecule has 6 nitrogen and oxygen atoms in total. The number of aryl methyl sites for hydroxylation is 2. The van der Waals surface area contributed by atoms with Crippen molar-refractivity contribution in [1.82, 2.24) is 10.2 Å². The summed E-state index contributed by atoms with van der Waals surface area (Å²) in [6, 6.07) is 2.64. The van der Waals surface area contributed by atoms with E-state index in [1.807, 2.05) is 0 Å². The zero-order chi connectivity index (χ0) is 19.1. The average Bonchev–Trinajstić information content (AvgIpc) is 2.48. The Labute approximate surface area is 145 Å². The molecule has 2 N–H and O–H groups in total. The van der Waals surface area contributed by atoms with Gasteiger partial charge in [0.1, 0.15) is 11.8 Å². The lowest BCUT2D eigenvalue weighted by molar-refractivity contribution is -0.142. The monoisotopic (exact) mass is 358 g/mol. The molecule has 1 amide bonds. The molecule has 0 radical (unpaired) electrons. The molecule has 0 fully saturated rings. The molecule has 0 aliphatic rings. The van der Waals surface area contributed by atoms with Crippen molar-refractivity contribution in [3.05, 3.63) is 28.8 Å². The molecule has 0 spiro atoms. The van der Waals surface area contributed by atoms with E-state index in [9.17, 15) is 23.5 Å². The number of benzene rings is 1. The van der Waals surface area contributed by atoms with Crippen molar-refractivity contribution in [1.29, 1.82) is 0 Å². The molecule has 0 saturated heterocycles. The van der Waals surface area contributed by atoms with Gasteiger partial charge >= 0.3 is 12.6 Å². The lowest BCUT2D eigenvalue weighted by Crippen LogP contribution is -2.42. The van der Waals surface area contributed by atoms with Crippen molar-refractivity contribution in [3.8, 4) is 5.75 Å². The van der Waals surface area contributed by atoms with Gasteiger partial charge in [0, 0.05) is 26.6 Å². The number of aliphatic carboxylic acids is 1. The number of rotatable bonds is 9. The van der Waals surface area contributed by atoms with Crippen LogP contribution in [0.4, 0.5) is 8.78 Å². The van der Waals surface area contributed by atoms with Crippen molar-refractivity contribution < 1.29 is 28.2 Å². The first-order valence-corrected chi connectivity index (χ1v) is 7.88. The van der Waals surface area contributed by atoms with Crippen LogP contribution in [0.15, 0.2) is 12.1 Å². The van der Waals surface area contributed by atoms with E-state index in [2.05, 4.69) is 10.1 Å². The molecule has 25 heavy (non-hydrogen) atoms. The van der Waals surface area contributed by atoms with Gasteiger partial charge in [0.05, 0.1) is 0 Å². The molecule has 0 aromatic heterocycles. The highest BCUT2D eigenvalue weighted by Crippen LogP contribution is 2.27. The summed E-state index contributed by atoms with van der Waals surface area (Å²) in [5.41, 5.74) is 1.90. The van der Waals surface area contributed by atoms with Gasteiger partial charge in [-0.3, -0.25) is 14.5 Å². The molecule has 1 unspecified atom stereocenters. The zero-order valence-electron chi connectivity index (χ0n) is 14.8. The van der Waals surface area contributed by atoms with Crippen LogP contribution in [-0.4, -0.2) is 47.6 Å². The molecule has 1 aromatic rings. The quantitative estimate of drug-likeness (QED) is 0.708. The predicted octanol–water partition coefficient (Wildman–Crippen LogP) is 2.32. The van der Waals surface area contributed by atoms with Crippen LogP contribution in [0.3, 0.4) is 0 Å². The van der Waals surface area contributed by atoms with Gasteiger partial charge in [-0.2, -0.15) is 8.78 Å². The van der Waals surface area contributed by atoms with Crippen LogP contribution >= 0.6 is 0 Å². The van der Waals surface area contributed by atoms with E-state index in [-0.39, 0.29) is 11.7 Å². The molecule has 1 atom stereocenters. The molecule has 0 heterocycles. The van der Waals surface area contributed by atoms with Crippen LogP contribution in [0.25, 0.3) is 0 Å². The maximum absolute atomic E-state index is 12.5. The third-order valence-corrected chi connectivity index (χ3v) is 3.79. The highest BCUT2D eigenvalue weighted by atomic mass is 19.3. The summed E-state index contributed by atoms with van der Waals surface area (Å²) in [6.07, 6.45) is 0. The number of hydrogen-bond acceptors (Lipinski definition) is 4. The minimum atomic E-state index is -2.90. The fourth-order valence-corrected chi connectivity index (χ4v) is 2.58. The Morgan fingerprint density at radius 3 is 2.28 bits per heavy atom. The van der Waals surface area contributed by atoms with E-state index >= 15 is 0 Å². The van der Waals surface area contributed by atoms with Gasteiger partial charge in [0.15, 0.2) is 0 Å². The second-order valence-electron chi connectivity index (χ2n) is 5.90. The van der Waals surface area contributed by atoms with Crippen molar-refractivity contribution in [2.75, 3.05) is 13.1 Å². The van der Waals surface area contributed by atoms with Crippen LogP contribution in [0, 0.1) is 13.8 Å². The lowest BCUT2D eigenvalue weighted by atomic mass is 10.0. The Balaban J connectivity index is 2.95. The number of alkyl halides is 2. The molecule has 1 aromatic carbocycles. The standard InChI is InChI=1S/C17H24F2N2O4/c1-10-7-14(8-11(2)15(10)25-17(18)19)9-21(12(3)16(23)24)6-5-20-13(4)22/h7-8,12,17H,5-6,9H2,1-4H3,(H,20,22)(H,23,24). The molecule has 1 rings (SSSR count). The topological polar surface area (TPSA) is 78.9 Å². The summed E-state index contributed by atoms with van der Waals surface area (Å²) in [4.78, 5) is 24.0. The van der Waals surface area contributed by atoms with Gasteiger partial charge < -0.3 is 15.2 Å². The number of hydrogen-bond donors (Lipinski definition) is 2. The summed E-state index contributed by atoms with van der Waals surface area (Å²) >= 11 is 0. The van der Waals surface area contributed by atoms with E-state index in [0.717, 1.165) is 5.56 Å². The second-order valence-corrected chi connectivity index (χ2v) is 5.90. The summed E-state index contributed by atoms with van der Waals surface area (Å²) in [7, 11) is 0. The van der Waals surface area contributed by atoms with E-state index < -0.39 is 18.6 Å². The van der Waals surface area contributed by atoms with Crippen LogP contribution in [-0.2, 0) is 16.1 Å². The van der Waals surface area contributed by atoms with E-state index in [1.165, 1.54) is 6.92 Å². The molecule has 0 saturated carbocycles. The van der Waals surface area contributed by atoms with Crippen molar-refractivity contribution >= 4 is 11.9 Å². The Morgan fingerprint density at radius 1 is 1.28 bits per heavy atom. The van der Waals surface area contributed by atoms with Crippen LogP contribution < -0.4 is 10.1 Å². The van der Waals surface area contributed by atoms with Crippen molar-refractivity contribution in [3.63, 3.8) is 0 Å². The third kappa shape index (κ3) is 6.66. The van der Waals surface area contributed by atoms with Crippen molar-refractivity contribution in [2.45, 2.75) is 46.9 Å². The molecule has 0 bridgehead atoms. The number of nitrogens with one attached hydrogen (secondary N) is 1. The van der Waals surface area contributed by atoms with E-state index in [4.69, 9.17) is 0 Å². The molecular formula is C17H24F2N2O4. The number of carbonyl (C=O) groups is 2. The summed E-state index contributed by atoms with van der Waals surface area (Å²) in [6.45, 7) is 4.35. The average molecular weight is 358 g/mol. The lowest BCUT2D eigenvalue weighted by Gasteiger charge is -2.27. The fraction of sp³-hybridized carbons (Fsp3) is 0.529. The van der Waals surface area contributed by atoms with E-state index in [1.54, 1.807) is 37.8 Å². The highest BCUT2D eigenvalue weighted by molar-refractivity contribution is 5.73. The number of carboxylic acid groups (broad SMARTS) is 1. The smallest absolute Gasteiger partial charge is 0.387 e. The van der Waals surface area contributed by atoms with Crippen LogP contribution in [0.5, 0.6) is 5.75 Å². The van der Waals surface area contributed by atoms with Crippen LogP contribution in [0.1, 0.15) is 30.5 Å². The Morgan fingerprint density at radius 2 is 1.84 bits per heavy atom. The predicted molar refractivity (Wildman–Crippen MR) is 88.7 cm³/mol. The van der Waals surface area contributed by atoms with Gasteiger partial charge in [-0.15, -0.1) is 0 Å². The largest absolute Gasteiger partial charge is 0.480 e. The minimum Gasteiger partial charge on any atom is -0.480 e. The third-order valence-electron chi connectivity index (χ3n) is 3.79. The van der Waals surface area contributed by atoms with E-state index in [0.29, 0.717) is 30.8 Å². The number of nitrogens with zero attached hydrogens (tertiary/aromatic N) is 1. The zero-order valence-corrected chi connectivity index (χ0v) is 14.8. The SMILES string of the molecule is CC(=O)NCCN(Cc1cc(C)c(OC(F)F)c(C)c1)C(C)C(=O)O. The Bertz CT molecular complexity index is 600. The maximum atomic E-state index is 12.5. The summed E-state index contributed by atoms with van der Waals surface area (Å²) in [5.74, 6) is -1.04. The second kappa shape index (κ2) is 9.31. The minimum absolute atomic E-state index is 0.134. The van der Waals surface area contributed by atoms with Gasteiger partial charge in [-0.25, -0.2) is 0 Å². The molecule has 0 aliphatic heterocycles. The number of carboxylic acids is 1. The first kappa shape index (κ1) is 20.8. The number of amides is 1. The molecule has 8 heteroatoms. The molecule has 0 aliphatic carbocycles. The van der Waals surface area contributed by atoms with Gasteiger partial charge in [-0.05, 0) is 37.5 Å².